The third kappa shape index (κ3) is 7.35. The van der Waals surface area contributed by atoms with E-state index in [9.17, 15) is 19.5 Å². The summed E-state index contributed by atoms with van der Waals surface area (Å²) in [5.41, 5.74) is -1.14. The molecule has 12 nitrogen and oxygen atoms in total. The van der Waals surface area contributed by atoms with Crippen molar-refractivity contribution in [3.63, 3.8) is 0 Å². The largest absolute Gasteiger partial charge is 0.451 e. The zero-order valence-corrected chi connectivity index (χ0v) is 22.6. The van der Waals surface area contributed by atoms with E-state index in [1.807, 2.05) is 38.4 Å². The molecule has 5 atom stereocenters. The minimum atomic E-state index is -1.63. The molecule has 1 aliphatic heterocycles. The highest BCUT2D eigenvalue weighted by Gasteiger charge is 2.48. The Morgan fingerprint density at radius 3 is 2.47 bits per heavy atom. The lowest BCUT2D eigenvalue weighted by Crippen LogP contribution is -2.40. The van der Waals surface area contributed by atoms with E-state index in [4.69, 9.17) is 23.8 Å². The molecule has 1 aromatic carbocycles. The summed E-state index contributed by atoms with van der Waals surface area (Å²) in [6, 6.07) is 11.5. The van der Waals surface area contributed by atoms with E-state index >= 15 is 0 Å². The second kappa shape index (κ2) is 13.8. The van der Waals surface area contributed by atoms with E-state index in [1.54, 1.807) is 30.3 Å². The zero-order valence-electron chi connectivity index (χ0n) is 21.7. The molecular weight excluding hydrogens is 515 g/mol. The number of benzene rings is 1. The van der Waals surface area contributed by atoms with Gasteiger partial charge in [0.15, 0.2) is 12.3 Å². The maximum absolute atomic E-state index is 12.8. The van der Waals surface area contributed by atoms with Crippen LogP contribution in [0.1, 0.15) is 50.7 Å². The number of nitrogens with zero attached hydrogens (tertiary/aromatic N) is 3. The minimum absolute atomic E-state index is 0.0599. The van der Waals surface area contributed by atoms with Crippen LogP contribution in [0.4, 0.5) is 0 Å². The van der Waals surface area contributed by atoms with Gasteiger partial charge in [-0.3, -0.25) is 14.3 Å². The number of carbonyl (C=O) groups excluding carboxylic acids is 1. The quantitative estimate of drug-likeness (QED) is 0.229. The van der Waals surface area contributed by atoms with Crippen LogP contribution in [-0.4, -0.2) is 68.9 Å². The SMILES string of the molecule is CC(C)N(C(C)C)P(OCCC#N)OC[C@H]1O[C@@H](n2ccc(=O)[nH]c2=O)[C@H](OC(=O)c2ccccc2)[C@@H]1O. The number of hydrogen-bond acceptors (Lipinski definition) is 10. The molecule has 0 bridgehead atoms. The predicted octanol–water partition coefficient (Wildman–Crippen LogP) is 2.31. The van der Waals surface area contributed by atoms with Crippen LogP contribution in [0.3, 0.4) is 0 Å². The van der Waals surface area contributed by atoms with E-state index in [-0.39, 0.29) is 37.3 Å². The second-order valence-corrected chi connectivity index (χ2v) is 10.6. The molecule has 1 aromatic heterocycles. The number of H-pyrrole nitrogens is 1. The number of esters is 1. The molecule has 1 aliphatic rings. The molecule has 3 rings (SSSR count). The first-order chi connectivity index (χ1) is 18.1. The average Bonchev–Trinajstić information content (AvgIpc) is 3.17. The van der Waals surface area contributed by atoms with E-state index in [0.29, 0.717) is 0 Å². The summed E-state index contributed by atoms with van der Waals surface area (Å²) < 4.78 is 26.6. The van der Waals surface area contributed by atoms with Gasteiger partial charge in [-0.1, -0.05) is 18.2 Å². The summed E-state index contributed by atoms with van der Waals surface area (Å²) in [5.74, 6) is -0.713. The number of hydrogen-bond donors (Lipinski definition) is 2. The molecular formula is C25H33N4O8P. The fraction of sp³-hybridized carbons (Fsp3) is 0.520. The van der Waals surface area contributed by atoms with Gasteiger partial charge in [-0.2, -0.15) is 5.26 Å². The first-order valence-electron chi connectivity index (χ1n) is 12.3. The van der Waals surface area contributed by atoms with E-state index in [0.717, 1.165) is 10.6 Å². The fourth-order valence-electron chi connectivity index (χ4n) is 4.05. The monoisotopic (exact) mass is 548 g/mol. The molecule has 2 heterocycles. The molecule has 0 radical (unpaired) electrons. The van der Waals surface area contributed by atoms with Crippen LogP contribution >= 0.6 is 8.53 Å². The first kappa shape index (κ1) is 29.6. The van der Waals surface area contributed by atoms with Crippen LogP contribution in [-0.2, 0) is 18.5 Å². The molecule has 13 heteroatoms. The Morgan fingerprint density at radius 2 is 1.87 bits per heavy atom. The Labute approximate surface area is 221 Å². The highest BCUT2D eigenvalue weighted by Crippen LogP contribution is 2.47. The van der Waals surface area contributed by atoms with Gasteiger partial charge >= 0.3 is 11.7 Å². The Hall–Kier alpha value is -2.91. The van der Waals surface area contributed by atoms with Crippen molar-refractivity contribution in [2.75, 3.05) is 13.2 Å². The van der Waals surface area contributed by atoms with Crippen molar-refractivity contribution in [3.8, 4) is 6.07 Å². The minimum Gasteiger partial charge on any atom is -0.451 e. The number of carbonyl (C=O) groups is 1. The number of aromatic amines is 1. The van der Waals surface area contributed by atoms with Crippen molar-refractivity contribution in [2.24, 2.45) is 0 Å². The molecule has 0 saturated carbocycles. The first-order valence-corrected chi connectivity index (χ1v) is 13.4. The Bertz CT molecular complexity index is 1200. The highest BCUT2D eigenvalue weighted by molar-refractivity contribution is 7.44. The van der Waals surface area contributed by atoms with Gasteiger partial charge < -0.3 is 23.6 Å². The molecule has 0 spiro atoms. The standard InChI is InChI=1S/C25H33N4O8P/c1-16(2)29(17(3)4)38(34-14-8-12-26)35-15-19-21(31)22(37-24(32)18-9-6-5-7-10-18)23(36-19)28-13-11-20(30)27-25(28)33/h5-7,9-11,13,16-17,19,21-23,31H,8,14-15H2,1-4H3,(H,27,30,33)/t19-,21-,22-,23-,38?/m1/s1. The van der Waals surface area contributed by atoms with Crippen molar-refractivity contribution >= 4 is 14.5 Å². The molecule has 1 saturated heterocycles. The Balaban J connectivity index is 1.84. The number of aliphatic hydroxyl groups is 1. The number of aliphatic hydroxyl groups excluding tert-OH is 1. The normalized spacial score (nSPS) is 22.1. The molecule has 206 valence electrons. The van der Waals surface area contributed by atoms with Gasteiger partial charge in [0, 0.05) is 24.3 Å². The number of nitrogens with one attached hydrogen (secondary N) is 1. The molecule has 0 aliphatic carbocycles. The third-order valence-corrected chi connectivity index (χ3v) is 7.78. The van der Waals surface area contributed by atoms with Crippen molar-refractivity contribution in [3.05, 3.63) is 69.0 Å². The summed E-state index contributed by atoms with van der Waals surface area (Å²) in [6.45, 7) is 7.98. The van der Waals surface area contributed by atoms with Gasteiger partial charge in [0.25, 0.3) is 14.1 Å². The maximum Gasteiger partial charge on any atom is 0.338 e. The molecule has 38 heavy (non-hydrogen) atoms. The van der Waals surface area contributed by atoms with E-state index in [1.165, 1.54) is 6.20 Å². The molecule has 2 N–H and O–H groups in total. The third-order valence-electron chi connectivity index (χ3n) is 5.70. The topological polar surface area (TPSA) is 156 Å². The Kier molecular flexibility index (Phi) is 10.7. The lowest BCUT2D eigenvalue weighted by atomic mass is 10.1. The van der Waals surface area contributed by atoms with E-state index in [2.05, 4.69) is 4.98 Å². The molecule has 1 unspecified atom stereocenters. The van der Waals surface area contributed by atoms with Crippen LogP contribution in [0.15, 0.2) is 52.2 Å². The van der Waals surface area contributed by atoms with Crippen molar-refractivity contribution in [2.45, 2.75) is 70.7 Å². The predicted molar refractivity (Wildman–Crippen MR) is 138 cm³/mol. The van der Waals surface area contributed by atoms with Gasteiger partial charge in [-0.25, -0.2) is 14.3 Å². The number of ether oxygens (including phenoxy) is 2. The molecule has 2 aromatic rings. The number of rotatable bonds is 12. The van der Waals surface area contributed by atoms with E-state index < -0.39 is 50.3 Å². The lowest BCUT2D eigenvalue weighted by molar-refractivity contribution is -0.0590. The highest BCUT2D eigenvalue weighted by atomic mass is 31.2. The second-order valence-electron chi connectivity index (χ2n) is 9.15. The van der Waals surface area contributed by atoms with Crippen LogP contribution in [0, 0.1) is 11.3 Å². The lowest BCUT2D eigenvalue weighted by Gasteiger charge is -2.36. The molecule has 1 fully saturated rings. The van der Waals surface area contributed by atoms with Gasteiger partial charge in [0.1, 0.15) is 12.2 Å². The maximum atomic E-state index is 12.8. The van der Waals surface area contributed by atoms with Crippen molar-refractivity contribution in [1.29, 1.82) is 5.26 Å². The zero-order chi connectivity index (χ0) is 27.8. The van der Waals surface area contributed by atoms with Crippen LogP contribution in [0.2, 0.25) is 0 Å². The smallest absolute Gasteiger partial charge is 0.338 e. The van der Waals surface area contributed by atoms with Gasteiger partial charge in [0.2, 0.25) is 0 Å². The van der Waals surface area contributed by atoms with Crippen molar-refractivity contribution < 1.29 is 28.4 Å². The summed E-state index contributed by atoms with van der Waals surface area (Å²) in [6.07, 6.45) is -3.48. The summed E-state index contributed by atoms with van der Waals surface area (Å²) in [7, 11) is -1.63. The fourth-order valence-corrected chi connectivity index (χ4v) is 5.67. The molecule has 0 amide bonds. The summed E-state index contributed by atoms with van der Waals surface area (Å²) >= 11 is 0. The average molecular weight is 549 g/mol. The Morgan fingerprint density at radius 1 is 1.18 bits per heavy atom. The number of nitriles is 1. The number of aromatic nitrogens is 2. The van der Waals surface area contributed by atoms with Crippen LogP contribution < -0.4 is 11.2 Å². The van der Waals surface area contributed by atoms with Crippen molar-refractivity contribution in [1.82, 2.24) is 14.2 Å². The van der Waals surface area contributed by atoms with Gasteiger partial charge in [0.05, 0.1) is 31.3 Å². The van der Waals surface area contributed by atoms with Gasteiger partial charge in [-0.05, 0) is 39.8 Å². The van der Waals surface area contributed by atoms with Gasteiger partial charge in [-0.15, -0.1) is 0 Å². The summed E-state index contributed by atoms with van der Waals surface area (Å²) in [5, 5.41) is 20.1. The van der Waals surface area contributed by atoms with Crippen LogP contribution in [0.5, 0.6) is 0 Å². The van der Waals surface area contributed by atoms with Crippen LogP contribution in [0.25, 0.3) is 0 Å². The summed E-state index contributed by atoms with van der Waals surface area (Å²) in [4.78, 5) is 39.1.